The molecule has 4 heteroatoms. The lowest BCUT2D eigenvalue weighted by Crippen LogP contribution is -1.98. The third-order valence-electron chi connectivity index (χ3n) is 2.31. The maximum atomic E-state index is 12.7. The van der Waals surface area contributed by atoms with Crippen molar-refractivity contribution in [3.63, 3.8) is 0 Å². The Balaban J connectivity index is 2.25. The highest BCUT2D eigenvalue weighted by atomic mass is 19.1. The quantitative estimate of drug-likeness (QED) is 0.835. The highest BCUT2D eigenvalue weighted by Crippen LogP contribution is 2.13. The molecule has 0 aliphatic carbocycles. The summed E-state index contributed by atoms with van der Waals surface area (Å²) in [6.45, 7) is 0. The molecule has 0 saturated heterocycles. The van der Waals surface area contributed by atoms with Gasteiger partial charge in [0.15, 0.2) is 0 Å². The standard InChI is InChI=1S/C14H11FO3/c1-17-13-8-12(18-14(16)9-13)7-4-10-2-5-11(15)6-3-10/h2-9H,1H3. The fourth-order valence-electron chi connectivity index (χ4n) is 1.43. The fourth-order valence-corrected chi connectivity index (χ4v) is 1.43. The summed E-state index contributed by atoms with van der Waals surface area (Å²) < 4.78 is 22.6. The van der Waals surface area contributed by atoms with Crippen LogP contribution in [0.1, 0.15) is 11.3 Å². The van der Waals surface area contributed by atoms with E-state index >= 15 is 0 Å². The van der Waals surface area contributed by atoms with Gasteiger partial charge < -0.3 is 9.15 Å². The molecule has 0 N–H and O–H groups in total. The second kappa shape index (κ2) is 5.31. The largest absolute Gasteiger partial charge is 0.496 e. The van der Waals surface area contributed by atoms with Crippen molar-refractivity contribution in [3.8, 4) is 5.75 Å². The van der Waals surface area contributed by atoms with Gasteiger partial charge in [0, 0.05) is 6.07 Å². The summed E-state index contributed by atoms with van der Waals surface area (Å²) in [5, 5.41) is 0. The molecular formula is C14H11FO3. The molecule has 3 nitrogen and oxygen atoms in total. The molecule has 0 fully saturated rings. The Kier molecular flexibility index (Phi) is 3.57. The molecule has 0 unspecified atom stereocenters. The van der Waals surface area contributed by atoms with Crippen molar-refractivity contribution in [1.82, 2.24) is 0 Å². The van der Waals surface area contributed by atoms with Crippen LogP contribution < -0.4 is 10.4 Å². The molecule has 2 rings (SSSR count). The van der Waals surface area contributed by atoms with E-state index in [1.807, 2.05) is 0 Å². The van der Waals surface area contributed by atoms with Crippen LogP contribution in [0.5, 0.6) is 5.75 Å². The molecule has 2 aromatic rings. The van der Waals surface area contributed by atoms with Crippen molar-refractivity contribution in [2.24, 2.45) is 0 Å². The smallest absolute Gasteiger partial charge is 0.339 e. The summed E-state index contributed by atoms with van der Waals surface area (Å²) in [5.74, 6) is 0.522. The Morgan fingerprint density at radius 2 is 1.89 bits per heavy atom. The summed E-state index contributed by atoms with van der Waals surface area (Å²) in [6.07, 6.45) is 3.34. The van der Waals surface area contributed by atoms with Gasteiger partial charge in [0.2, 0.25) is 0 Å². The van der Waals surface area contributed by atoms with Gasteiger partial charge in [-0.15, -0.1) is 0 Å². The van der Waals surface area contributed by atoms with E-state index in [0.717, 1.165) is 5.56 Å². The topological polar surface area (TPSA) is 39.4 Å². The van der Waals surface area contributed by atoms with Crippen LogP contribution in [0.15, 0.2) is 45.6 Å². The summed E-state index contributed by atoms with van der Waals surface area (Å²) in [6, 6.07) is 8.84. The van der Waals surface area contributed by atoms with Crippen LogP contribution in [0.25, 0.3) is 12.2 Å². The van der Waals surface area contributed by atoms with E-state index in [9.17, 15) is 9.18 Å². The summed E-state index contributed by atoms with van der Waals surface area (Å²) in [7, 11) is 1.47. The highest BCUT2D eigenvalue weighted by molar-refractivity contribution is 5.67. The molecule has 1 heterocycles. The van der Waals surface area contributed by atoms with Gasteiger partial charge in [0.1, 0.15) is 17.3 Å². The minimum Gasteiger partial charge on any atom is -0.496 e. The molecule has 92 valence electrons. The first-order chi connectivity index (χ1) is 8.67. The van der Waals surface area contributed by atoms with Gasteiger partial charge in [-0.25, -0.2) is 9.18 Å². The molecule has 0 aliphatic rings. The van der Waals surface area contributed by atoms with E-state index in [4.69, 9.17) is 9.15 Å². The van der Waals surface area contributed by atoms with Gasteiger partial charge in [0.25, 0.3) is 0 Å². The Bertz CT molecular complexity index is 612. The zero-order chi connectivity index (χ0) is 13.0. The second-order valence-corrected chi connectivity index (χ2v) is 3.60. The van der Waals surface area contributed by atoms with Crippen molar-refractivity contribution in [2.45, 2.75) is 0 Å². The van der Waals surface area contributed by atoms with Gasteiger partial charge >= 0.3 is 5.63 Å². The number of benzene rings is 1. The Morgan fingerprint density at radius 1 is 1.17 bits per heavy atom. The van der Waals surface area contributed by atoms with Crippen molar-refractivity contribution in [1.29, 1.82) is 0 Å². The minimum absolute atomic E-state index is 0.292. The number of ether oxygens (including phenoxy) is 1. The number of halogens is 1. The lowest BCUT2D eigenvalue weighted by molar-refractivity contribution is 0.400. The molecule has 0 aliphatic heterocycles. The monoisotopic (exact) mass is 246 g/mol. The first-order valence-corrected chi connectivity index (χ1v) is 5.30. The molecule has 0 atom stereocenters. The Hall–Kier alpha value is -2.36. The van der Waals surface area contributed by atoms with E-state index in [2.05, 4.69) is 0 Å². The molecule has 0 radical (unpaired) electrons. The Morgan fingerprint density at radius 3 is 2.56 bits per heavy atom. The van der Waals surface area contributed by atoms with Gasteiger partial charge in [-0.2, -0.15) is 0 Å². The molecule has 1 aromatic carbocycles. The molecule has 1 aromatic heterocycles. The van der Waals surface area contributed by atoms with Crippen LogP contribution in [-0.2, 0) is 0 Å². The number of hydrogen-bond donors (Lipinski definition) is 0. The fraction of sp³-hybridized carbons (Fsp3) is 0.0714. The highest BCUT2D eigenvalue weighted by Gasteiger charge is 1.98. The van der Waals surface area contributed by atoms with Crippen LogP contribution in [0, 0.1) is 5.82 Å². The molecule has 18 heavy (non-hydrogen) atoms. The van der Waals surface area contributed by atoms with Crippen LogP contribution in [0.4, 0.5) is 4.39 Å². The van der Waals surface area contributed by atoms with E-state index in [-0.39, 0.29) is 5.82 Å². The van der Waals surface area contributed by atoms with Crippen LogP contribution >= 0.6 is 0 Å². The SMILES string of the molecule is COc1cc(C=Cc2ccc(F)cc2)oc(=O)c1. The second-order valence-electron chi connectivity index (χ2n) is 3.60. The zero-order valence-corrected chi connectivity index (χ0v) is 9.72. The van der Waals surface area contributed by atoms with E-state index in [1.54, 1.807) is 30.4 Å². The van der Waals surface area contributed by atoms with Gasteiger partial charge in [-0.1, -0.05) is 18.2 Å². The third-order valence-corrected chi connectivity index (χ3v) is 2.31. The molecule has 0 amide bonds. The Labute approximate surface area is 103 Å². The summed E-state index contributed by atoms with van der Waals surface area (Å²) in [5.41, 5.74) is 0.329. The average Bonchev–Trinajstić information content (AvgIpc) is 2.37. The molecule has 0 spiro atoms. The predicted octanol–water partition coefficient (Wildman–Crippen LogP) is 2.96. The maximum Gasteiger partial charge on any atom is 0.339 e. The van der Waals surface area contributed by atoms with E-state index < -0.39 is 5.63 Å². The zero-order valence-electron chi connectivity index (χ0n) is 9.72. The van der Waals surface area contributed by atoms with Crippen molar-refractivity contribution >= 4 is 12.2 Å². The number of hydrogen-bond acceptors (Lipinski definition) is 3. The minimum atomic E-state index is -0.479. The van der Waals surface area contributed by atoms with Crippen molar-refractivity contribution in [3.05, 3.63) is 64.0 Å². The summed E-state index contributed by atoms with van der Waals surface area (Å²) in [4.78, 5) is 11.2. The van der Waals surface area contributed by atoms with E-state index in [1.165, 1.54) is 25.3 Å². The van der Waals surface area contributed by atoms with Gasteiger partial charge in [0.05, 0.1) is 13.2 Å². The lowest BCUT2D eigenvalue weighted by Gasteiger charge is -1.98. The first-order valence-electron chi connectivity index (χ1n) is 5.30. The number of rotatable bonds is 3. The van der Waals surface area contributed by atoms with Crippen LogP contribution in [0.2, 0.25) is 0 Å². The first kappa shape index (κ1) is 12.1. The van der Waals surface area contributed by atoms with Gasteiger partial charge in [-0.05, 0) is 23.8 Å². The average molecular weight is 246 g/mol. The maximum absolute atomic E-state index is 12.7. The van der Waals surface area contributed by atoms with Crippen LogP contribution in [-0.4, -0.2) is 7.11 Å². The van der Waals surface area contributed by atoms with E-state index in [0.29, 0.717) is 11.5 Å². The lowest BCUT2D eigenvalue weighted by atomic mass is 10.2. The summed E-state index contributed by atoms with van der Waals surface area (Å²) >= 11 is 0. The third kappa shape index (κ3) is 3.07. The normalized spacial score (nSPS) is 10.8. The number of methoxy groups -OCH3 is 1. The van der Waals surface area contributed by atoms with Crippen LogP contribution in [0.3, 0.4) is 0 Å². The molecule has 0 bridgehead atoms. The van der Waals surface area contributed by atoms with Crippen molar-refractivity contribution < 1.29 is 13.5 Å². The van der Waals surface area contributed by atoms with Crippen molar-refractivity contribution in [2.75, 3.05) is 7.11 Å². The molecule has 0 saturated carbocycles. The van der Waals surface area contributed by atoms with Gasteiger partial charge in [-0.3, -0.25) is 0 Å². The predicted molar refractivity (Wildman–Crippen MR) is 66.9 cm³/mol. The molecular weight excluding hydrogens is 235 g/mol.